The topological polar surface area (TPSA) is 293 Å². The largest absolute Gasteiger partial charge is 0.450 e. The zero-order valence-electron chi connectivity index (χ0n) is 42.4. The van der Waals surface area contributed by atoms with E-state index in [0.717, 1.165) is 29.2 Å². The van der Waals surface area contributed by atoms with Crippen molar-refractivity contribution in [2.75, 3.05) is 63.1 Å². The molecule has 1 aromatic carbocycles. The molecule has 8 saturated heterocycles. The van der Waals surface area contributed by atoms with Crippen molar-refractivity contribution in [1.29, 1.82) is 0 Å². The average Bonchev–Trinajstić information content (AvgIpc) is 4.31. The number of hydrogen-bond donors (Lipinski definition) is 7. The van der Waals surface area contributed by atoms with E-state index >= 15 is 0 Å². The Bertz CT molecular complexity index is 2420. The van der Waals surface area contributed by atoms with Gasteiger partial charge in [-0.15, -0.1) is 58.8 Å². The molecule has 78 heavy (non-hydrogen) atoms. The van der Waals surface area contributed by atoms with Gasteiger partial charge in [-0.05, 0) is 75.7 Å². The number of thioether (sulfide) groups is 7. The van der Waals surface area contributed by atoms with Crippen LogP contribution in [-0.4, -0.2) is 182 Å². The van der Waals surface area contributed by atoms with Crippen LogP contribution in [0.25, 0.3) is 0 Å². The normalized spacial score (nSPS) is 35.1. The Morgan fingerprint density at radius 2 is 1.29 bits per heavy atom. The number of hydrogen-bond acceptors (Lipinski definition) is 23. The monoisotopic (exact) mass is 1210 g/mol. The maximum atomic E-state index is 13.9. The minimum absolute atomic E-state index is 0.0534. The molecule has 9 aliphatic rings. The van der Waals surface area contributed by atoms with Crippen molar-refractivity contribution in [1.82, 2.24) is 31.9 Å². The summed E-state index contributed by atoms with van der Waals surface area (Å²) in [5.74, 6) is -3.49. The lowest BCUT2D eigenvalue weighted by Gasteiger charge is -2.29. The van der Waals surface area contributed by atoms with Crippen molar-refractivity contribution >= 4 is 142 Å². The van der Waals surface area contributed by atoms with Gasteiger partial charge in [-0.25, -0.2) is 14.4 Å². The number of amides is 9. The van der Waals surface area contributed by atoms with Gasteiger partial charge in [0.05, 0.1) is 84.9 Å². The van der Waals surface area contributed by atoms with Crippen LogP contribution in [0.4, 0.5) is 20.1 Å². The van der Waals surface area contributed by atoms with Crippen molar-refractivity contribution in [3.05, 3.63) is 24.3 Å². The number of anilines is 1. The van der Waals surface area contributed by atoms with Crippen molar-refractivity contribution in [2.24, 2.45) is 23.7 Å². The molecule has 0 bridgehead atoms. The Hall–Kier alpha value is -3.42. The second-order valence-corrected chi connectivity index (χ2v) is 29.4. The Balaban J connectivity index is 0.710. The summed E-state index contributed by atoms with van der Waals surface area (Å²) in [6.07, 6.45) is -0.172. The van der Waals surface area contributed by atoms with E-state index in [2.05, 4.69) is 37.2 Å². The van der Waals surface area contributed by atoms with Gasteiger partial charge >= 0.3 is 18.3 Å². The third-order valence-corrected chi connectivity index (χ3v) is 25.4. The van der Waals surface area contributed by atoms with E-state index in [1.54, 1.807) is 18.7 Å². The standard InChI is InChI=1S/C49H63N7O15S7/c1-2-67-47(63)54-37(57)26-18-23(75-44(26)52-41(61)36-35-28(21-73-36)68-14-15-69-35)7-12-70-48(64)55-38(58)25-17-22(74-43(25)51-39(59)32-19-31-30(76-32)10-16-72-31)8-13-71-49(65)56-40(60)34-24-9-11-66-20-33(24)78-45(34)53-42(62)46-50-27-5-3-4-6-29(27)77-46/h3-6,22-26,28,30-36,43-46,50H,2,7-21H2,1H3,(H,51,59)(H,52,61)(H,53,62)(H,54,57,63)(H,55,58,64)(H,56,60,65). The highest BCUT2D eigenvalue weighted by Crippen LogP contribution is 2.49. The summed E-state index contributed by atoms with van der Waals surface area (Å²) >= 11 is 10.5. The summed E-state index contributed by atoms with van der Waals surface area (Å²) in [4.78, 5) is 122. The third kappa shape index (κ3) is 13.9. The predicted octanol–water partition coefficient (Wildman–Crippen LogP) is 3.71. The predicted molar refractivity (Wildman–Crippen MR) is 298 cm³/mol. The van der Waals surface area contributed by atoms with Crippen LogP contribution in [0.5, 0.6) is 0 Å². The molecule has 426 valence electrons. The molecule has 9 heterocycles. The van der Waals surface area contributed by atoms with Gasteiger partial charge in [0.1, 0.15) is 11.4 Å². The zero-order chi connectivity index (χ0) is 54.5. The zero-order valence-corrected chi connectivity index (χ0v) is 48.1. The minimum Gasteiger partial charge on any atom is -0.450 e. The molecule has 17 atom stereocenters. The van der Waals surface area contributed by atoms with Gasteiger partial charge in [0.2, 0.25) is 29.5 Å². The van der Waals surface area contributed by atoms with Crippen LogP contribution in [0.15, 0.2) is 29.2 Å². The van der Waals surface area contributed by atoms with Crippen molar-refractivity contribution in [2.45, 2.75) is 127 Å². The first-order valence-electron chi connectivity index (χ1n) is 26.3. The van der Waals surface area contributed by atoms with Gasteiger partial charge in [-0.1, -0.05) is 23.9 Å². The van der Waals surface area contributed by atoms with E-state index in [9.17, 15) is 43.2 Å². The van der Waals surface area contributed by atoms with Crippen LogP contribution in [0.1, 0.15) is 51.9 Å². The van der Waals surface area contributed by atoms with Gasteiger partial charge in [0.25, 0.3) is 5.91 Å². The second kappa shape index (κ2) is 26.7. The Kier molecular flexibility index (Phi) is 19.8. The van der Waals surface area contributed by atoms with Crippen molar-refractivity contribution in [3.63, 3.8) is 0 Å². The highest BCUT2D eigenvalue weighted by Gasteiger charge is 2.52. The van der Waals surface area contributed by atoms with Gasteiger partial charge in [-0.2, -0.15) is 11.8 Å². The third-order valence-electron chi connectivity index (χ3n) is 15.0. The molecule has 0 spiro atoms. The molecule has 17 unspecified atom stereocenters. The van der Waals surface area contributed by atoms with Gasteiger partial charge in [-0.3, -0.25) is 44.7 Å². The number of fused-ring (bicyclic) bond motifs is 4. The Labute approximate surface area is 480 Å². The van der Waals surface area contributed by atoms with Gasteiger partial charge in [0, 0.05) is 49.2 Å². The first-order chi connectivity index (χ1) is 37.8. The summed E-state index contributed by atoms with van der Waals surface area (Å²) in [6.45, 7) is 3.10. The molecular weight excluding hydrogens is 1150 g/mol. The van der Waals surface area contributed by atoms with Crippen LogP contribution < -0.4 is 37.2 Å². The van der Waals surface area contributed by atoms with Crippen LogP contribution in [0, 0.1) is 23.7 Å². The second-order valence-electron chi connectivity index (χ2n) is 20.0. The summed E-state index contributed by atoms with van der Waals surface area (Å²) in [6, 6.07) is 7.62. The maximum Gasteiger partial charge on any atom is 0.413 e. The molecule has 22 nitrogen and oxygen atoms in total. The Morgan fingerprint density at radius 1 is 0.641 bits per heavy atom. The van der Waals surface area contributed by atoms with Crippen LogP contribution in [0.2, 0.25) is 0 Å². The number of benzene rings is 1. The molecular formula is C49H63N7O15S7. The molecule has 0 radical (unpaired) electrons. The van der Waals surface area contributed by atoms with Gasteiger partial charge in [0.15, 0.2) is 5.37 Å². The number of imide groups is 3. The van der Waals surface area contributed by atoms with E-state index in [0.29, 0.717) is 49.1 Å². The number of alkyl carbamates (subject to hydrolysis) is 3. The molecule has 29 heteroatoms. The van der Waals surface area contributed by atoms with Crippen LogP contribution in [0.3, 0.4) is 0 Å². The number of nitrogens with one attached hydrogen (secondary N) is 7. The first kappa shape index (κ1) is 57.8. The smallest absolute Gasteiger partial charge is 0.413 e. The molecule has 9 amide bonds. The minimum atomic E-state index is -0.999. The van der Waals surface area contributed by atoms with Crippen molar-refractivity contribution in [3.8, 4) is 0 Å². The molecule has 0 aromatic heterocycles. The van der Waals surface area contributed by atoms with Crippen molar-refractivity contribution < 1.29 is 71.6 Å². The summed E-state index contributed by atoms with van der Waals surface area (Å²) in [5, 5.41) is 16.0. The number of carbonyl (C=O) groups excluding carboxylic acids is 9. The number of rotatable bonds is 16. The van der Waals surface area contributed by atoms with Crippen LogP contribution >= 0.6 is 82.3 Å². The fourth-order valence-electron chi connectivity index (χ4n) is 11.2. The SMILES string of the molecule is CCOC(=O)NC(=O)C1CC(CCOC(=O)NC(=O)C2CC(CCOC(=O)NC(=O)C3C(NC(=O)C4Nc5ccccc5S4)SC4COCCC43)SC2NC(=O)C2CC3SCCC3S2)SC1NC(=O)C1SCC2OCCOC21. The lowest BCUT2D eigenvalue weighted by atomic mass is 9.85. The lowest BCUT2D eigenvalue weighted by molar-refractivity contribution is -0.140. The molecule has 8 fully saturated rings. The quantitative estimate of drug-likeness (QED) is 0.116. The summed E-state index contributed by atoms with van der Waals surface area (Å²) in [5.41, 5.74) is 0.857. The first-order valence-corrected chi connectivity index (χ1v) is 33.1. The van der Waals surface area contributed by atoms with Crippen LogP contribution in [-0.2, 0) is 57.2 Å². The van der Waals surface area contributed by atoms with E-state index in [-0.39, 0.29) is 96.2 Å². The average molecular weight is 1210 g/mol. The number of ether oxygens (including phenoxy) is 6. The summed E-state index contributed by atoms with van der Waals surface area (Å²) < 4.78 is 33.3. The molecule has 0 aliphatic carbocycles. The van der Waals surface area contributed by atoms with E-state index < -0.39 is 86.6 Å². The number of para-hydroxylation sites is 1. The fraction of sp³-hybridized carbons (Fsp3) is 0.694. The Morgan fingerprint density at radius 3 is 1.99 bits per heavy atom. The molecule has 7 N–H and O–H groups in total. The lowest BCUT2D eigenvalue weighted by Crippen LogP contribution is -2.50. The van der Waals surface area contributed by atoms with Gasteiger partial charge < -0.3 is 49.7 Å². The van der Waals surface area contributed by atoms with E-state index in [1.165, 1.54) is 58.8 Å². The molecule has 1 aromatic rings. The maximum absolute atomic E-state index is 13.9. The molecule has 9 aliphatic heterocycles. The molecule has 0 saturated carbocycles. The van der Waals surface area contributed by atoms with E-state index in [1.807, 2.05) is 36.0 Å². The molecule has 10 rings (SSSR count). The summed E-state index contributed by atoms with van der Waals surface area (Å²) in [7, 11) is 0. The number of carbonyl (C=O) groups is 9. The fourth-order valence-corrected chi connectivity index (χ4v) is 22.0. The highest BCUT2D eigenvalue weighted by atomic mass is 32.2. The highest BCUT2D eigenvalue weighted by molar-refractivity contribution is 8.06. The van der Waals surface area contributed by atoms with E-state index in [4.69, 9.17) is 28.4 Å².